The normalized spacial score (nSPS) is 11.0. The maximum Gasteiger partial charge on any atom is 0.223 e. The minimum atomic E-state index is 0.160. The molecule has 4 aromatic rings. The number of anilines is 2. The number of benzene rings is 2. The van der Waals surface area contributed by atoms with E-state index in [1.54, 1.807) is 32.4 Å². The van der Waals surface area contributed by atoms with Crippen molar-refractivity contribution in [3.8, 4) is 17.2 Å². The van der Waals surface area contributed by atoms with E-state index in [9.17, 15) is 5.11 Å². The van der Waals surface area contributed by atoms with Crippen LogP contribution in [-0.2, 0) is 6.54 Å². The number of methoxy groups -OCH3 is 2. The highest BCUT2D eigenvalue weighted by Gasteiger charge is 2.14. The van der Waals surface area contributed by atoms with Gasteiger partial charge in [0.25, 0.3) is 0 Å². The van der Waals surface area contributed by atoms with Gasteiger partial charge in [0.05, 0.1) is 19.6 Å². The Hall–Kier alpha value is -3.68. The lowest BCUT2D eigenvalue weighted by Gasteiger charge is -2.11. The van der Waals surface area contributed by atoms with Gasteiger partial charge in [-0.2, -0.15) is 9.97 Å². The number of fused-ring (bicyclic) bond motifs is 3. The molecule has 0 aliphatic heterocycles. The number of H-pyrrole nitrogens is 1. The highest BCUT2D eigenvalue weighted by atomic mass is 16.5. The first-order chi connectivity index (χ1) is 13.1. The number of aromatic amines is 1. The fourth-order valence-corrected chi connectivity index (χ4v) is 3.10. The van der Waals surface area contributed by atoms with Crippen LogP contribution in [0.5, 0.6) is 17.2 Å². The summed E-state index contributed by atoms with van der Waals surface area (Å²) in [6.07, 6.45) is 0. The van der Waals surface area contributed by atoms with Crippen LogP contribution in [0.25, 0.3) is 21.9 Å². The molecule has 0 radical (unpaired) electrons. The van der Waals surface area contributed by atoms with E-state index in [1.807, 2.05) is 18.2 Å². The van der Waals surface area contributed by atoms with Gasteiger partial charge in [-0.1, -0.05) is 6.07 Å². The van der Waals surface area contributed by atoms with Crippen LogP contribution in [0.2, 0.25) is 0 Å². The third kappa shape index (κ3) is 3.01. The predicted molar refractivity (Wildman–Crippen MR) is 104 cm³/mol. The van der Waals surface area contributed by atoms with Gasteiger partial charge in [-0.25, -0.2) is 0 Å². The van der Waals surface area contributed by atoms with Crippen LogP contribution in [0.1, 0.15) is 5.56 Å². The Balaban J connectivity index is 1.73. The van der Waals surface area contributed by atoms with Crippen molar-refractivity contribution in [2.24, 2.45) is 0 Å². The largest absolute Gasteiger partial charge is 0.508 e. The van der Waals surface area contributed by atoms with Crippen LogP contribution in [0.15, 0.2) is 36.4 Å². The molecule has 0 fully saturated rings. The Morgan fingerprint density at radius 2 is 1.89 bits per heavy atom. The van der Waals surface area contributed by atoms with Crippen molar-refractivity contribution in [2.75, 3.05) is 25.3 Å². The number of nitrogens with zero attached hydrogens (tertiary/aromatic N) is 2. The monoisotopic (exact) mass is 365 g/mol. The number of phenolic OH excluding ortho intramolecular Hbond substituents is 1. The van der Waals surface area contributed by atoms with Gasteiger partial charge in [0.15, 0.2) is 11.5 Å². The van der Waals surface area contributed by atoms with Crippen molar-refractivity contribution in [3.63, 3.8) is 0 Å². The van der Waals surface area contributed by atoms with Gasteiger partial charge in [0.2, 0.25) is 5.95 Å². The molecule has 2 aromatic heterocycles. The van der Waals surface area contributed by atoms with Crippen LogP contribution < -0.4 is 20.5 Å². The SMILES string of the molecule is COc1ccc(CNc2nc(N)nc3[nH]c4ccc(O)cc4c23)cc1OC. The van der Waals surface area contributed by atoms with E-state index in [0.29, 0.717) is 29.5 Å². The molecule has 0 bridgehead atoms. The highest BCUT2D eigenvalue weighted by molar-refractivity contribution is 6.11. The van der Waals surface area contributed by atoms with Crippen molar-refractivity contribution < 1.29 is 14.6 Å². The third-order valence-corrected chi connectivity index (χ3v) is 4.36. The van der Waals surface area contributed by atoms with Gasteiger partial charge in [-0.3, -0.25) is 0 Å². The first-order valence-electron chi connectivity index (χ1n) is 8.31. The lowest BCUT2D eigenvalue weighted by molar-refractivity contribution is 0.354. The number of ether oxygens (including phenoxy) is 2. The minimum Gasteiger partial charge on any atom is -0.508 e. The number of phenols is 1. The van der Waals surface area contributed by atoms with Gasteiger partial charge < -0.3 is 30.6 Å². The van der Waals surface area contributed by atoms with Crippen LogP contribution in [-0.4, -0.2) is 34.3 Å². The van der Waals surface area contributed by atoms with E-state index >= 15 is 0 Å². The van der Waals surface area contributed by atoms with Crippen LogP contribution in [0.4, 0.5) is 11.8 Å². The zero-order chi connectivity index (χ0) is 19.0. The summed E-state index contributed by atoms with van der Waals surface area (Å²) in [4.78, 5) is 11.8. The second-order valence-corrected chi connectivity index (χ2v) is 6.05. The number of aromatic nitrogens is 3. The van der Waals surface area contributed by atoms with Crippen molar-refractivity contribution in [1.82, 2.24) is 15.0 Å². The lowest BCUT2D eigenvalue weighted by atomic mass is 10.1. The summed E-state index contributed by atoms with van der Waals surface area (Å²) in [6.45, 7) is 0.497. The van der Waals surface area contributed by atoms with Crippen LogP contribution >= 0.6 is 0 Å². The van der Waals surface area contributed by atoms with Gasteiger partial charge in [-0.05, 0) is 35.9 Å². The summed E-state index contributed by atoms with van der Waals surface area (Å²) in [6, 6.07) is 10.8. The number of aromatic hydroxyl groups is 1. The maximum absolute atomic E-state index is 9.84. The van der Waals surface area contributed by atoms with Crippen molar-refractivity contribution in [1.29, 1.82) is 0 Å². The lowest BCUT2D eigenvalue weighted by Crippen LogP contribution is -2.05. The minimum absolute atomic E-state index is 0.160. The molecule has 2 heterocycles. The molecular formula is C19H19N5O3. The van der Waals surface area contributed by atoms with Crippen LogP contribution in [0.3, 0.4) is 0 Å². The number of rotatable bonds is 5. The molecule has 2 aromatic carbocycles. The molecule has 4 rings (SSSR count). The van der Waals surface area contributed by atoms with E-state index in [0.717, 1.165) is 21.9 Å². The smallest absolute Gasteiger partial charge is 0.223 e. The standard InChI is InChI=1S/C19H19N5O3/c1-26-14-6-3-10(7-15(14)27-2)9-21-17-16-12-8-11(25)4-5-13(12)22-18(16)24-19(20)23-17/h3-8,25H,9H2,1-2H3,(H4,20,21,22,23,24). The van der Waals surface area contributed by atoms with Crippen LogP contribution in [0, 0.1) is 0 Å². The van der Waals surface area contributed by atoms with E-state index in [2.05, 4.69) is 20.3 Å². The number of hydrogen-bond donors (Lipinski definition) is 4. The molecule has 0 spiro atoms. The quantitative estimate of drug-likeness (QED) is 0.429. The molecule has 0 saturated heterocycles. The van der Waals surface area contributed by atoms with E-state index in [4.69, 9.17) is 15.2 Å². The molecule has 5 N–H and O–H groups in total. The van der Waals surface area contributed by atoms with E-state index < -0.39 is 0 Å². The summed E-state index contributed by atoms with van der Waals surface area (Å²) in [7, 11) is 3.20. The molecule has 0 aliphatic carbocycles. The Morgan fingerprint density at radius 3 is 2.67 bits per heavy atom. The molecular weight excluding hydrogens is 346 g/mol. The fraction of sp³-hybridized carbons (Fsp3) is 0.158. The predicted octanol–water partition coefficient (Wildman–Crippen LogP) is 3.03. The first kappa shape index (κ1) is 16.8. The molecule has 0 amide bonds. The number of hydrogen-bond acceptors (Lipinski definition) is 7. The number of nitrogens with one attached hydrogen (secondary N) is 2. The fourth-order valence-electron chi connectivity index (χ4n) is 3.10. The highest BCUT2D eigenvalue weighted by Crippen LogP contribution is 2.33. The Bertz CT molecular complexity index is 1140. The topological polar surface area (TPSA) is 118 Å². The van der Waals surface area contributed by atoms with Gasteiger partial charge in [-0.15, -0.1) is 0 Å². The van der Waals surface area contributed by atoms with Gasteiger partial charge in [0, 0.05) is 17.4 Å². The zero-order valence-electron chi connectivity index (χ0n) is 14.9. The summed E-state index contributed by atoms with van der Waals surface area (Å²) in [5.41, 5.74) is 8.30. The van der Waals surface area contributed by atoms with Crippen molar-refractivity contribution in [3.05, 3.63) is 42.0 Å². The number of nitrogens with two attached hydrogens (primary N) is 1. The second-order valence-electron chi connectivity index (χ2n) is 6.05. The summed E-state index contributed by atoms with van der Waals surface area (Å²) >= 11 is 0. The summed E-state index contributed by atoms with van der Waals surface area (Å²) in [5, 5.41) is 14.7. The first-order valence-corrected chi connectivity index (χ1v) is 8.31. The molecule has 8 nitrogen and oxygen atoms in total. The summed E-state index contributed by atoms with van der Waals surface area (Å²) < 4.78 is 10.6. The average Bonchev–Trinajstić information content (AvgIpc) is 3.03. The Labute approximate surface area is 155 Å². The third-order valence-electron chi connectivity index (χ3n) is 4.36. The van der Waals surface area contributed by atoms with E-state index in [1.165, 1.54) is 0 Å². The Kier molecular flexibility index (Phi) is 4.08. The Morgan fingerprint density at radius 1 is 1.07 bits per heavy atom. The van der Waals surface area contributed by atoms with Gasteiger partial charge in [0.1, 0.15) is 17.2 Å². The van der Waals surface area contributed by atoms with Crippen molar-refractivity contribution >= 4 is 33.7 Å². The molecule has 138 valence electrons. The molecule has 0 aliphatic rings. The number of nitrogen functional groups attached to an aromatic ring is 1. The molecule has 8 heteroatoms. The molecule has 27 heavy (non-hydrogen) atoms. The average molecular weight is 365 g/mol. The molecule has 0 unspecified atom stereocenters. The molecule has 0 atom stereocenters. The van der Waals surface area contributed by atoms with E-state index in [-0.39, 0.29) is 11.7 Å². The maximum atomic E-state index is 9.84. The molecule has 0 saturated carbocycles. The van der Waals surface area contributed by atoms with Gasteiger partial charge >= 0.3 is 0 Å². The van der Waals surface area contributed by atoms with Crippen molar-refractivity contribution in [2.45, 2.75) is 6.54 Å². The zero-order valence-corrected chi connectivity index (χ0v) is 14.9. The second kappa shape index (κ2) is 6.56. The summed E-state index contributed by atoms with van der Waals surface area (Å²) in [5.74, 6) is 2.24.